The molecule has 0 bridgehead atoms. The summed E-state index contributed by atoms with van der Waals surface area (Å²) < 4.78 is 31.9. The van der Waals surface area contributed by atoms with Gasteiger partial charge in [0.2, 0.25) is 10.0 Å². The second kappa shape index (κ2) is 6.24. The molecule has 2 aromatic carbocycles. The quantitative estimate of drug-likeness (QED) is 0.828. The topological polar surface area (TPSA) is 81.4 Å². The fourth-order valence-electron chi connectivity index (χ4n) is 1.82. The number of sulfonamides is 1. The standard InChI is InChI=1S/C14H15ClN2O3S/c1-20-12-5-6-13(15)14(8-12)17-21(18,19)9-10-3-2-4-11(16)7-10/h2-8,17H,9,16H2,1H3. The lowest BCUT2D eigenvalue weighted by molar-refractivity contribution is 0.415. The van der Waals surface area contributed by atoms with Crippen molar-refractivity contribution in [3.63, 3.8) is 0 Å². The average Bonchev–Trinajstić information content (AvgIpc) is 2.40. The highest BCUT2D eigenvalue weighted by Crippen LogP contribution is 2.28. The number of hydrogen-bond donors (Lipinski definition) is 2. The minimum atomic E-state index is -3.60. The summed E-state index contributed by atoms with van der Waals surface area (Å²) in [5.74, 6) is 0.326. The van der Waals surface area contributed by atoms with Crippen LogP contribution in [0.2, 0.25) is 5.02 Å². The molecule has 0 saturated carbocycles. The van der Waals surface area contributed by atoms with Gasteiger partial charge in [-0.3, -0.25) is 4.72 Å². The third-order valence-electron chi connectivity index (χ3n) is 2.75. The SMILES string of the molecule is COc1ccc(Cl)c(NS(=O)(=O)Cc2cccc(N)c2)c1. The van der Waals surface area contributed by atoms with Crippen LogP contribution >= 0.6 is 11.6 Å². The van der Waals surface area contributed by atoms with Gasteiger partial charge in [0.25, 0.3) is 0 Å². The van der Waals surface area contributed by atoms with E-state index in [9.17, 15) is 8.42 Å². The van der Waals surface area contributed by atoms with Crippen molar-refractivity contribution in [1.82, 2.24) is 0 Å². The Morgan fingerprint density at radius 3 is 2.67 bits per heavy atom. The highest BCUT2D eigenvalue weighted by atomic mass is 35.5. The maximum Gasteiger partial charge on any atom is 0.236 e. The molecular formula is C14H15ClN2O3S. The Bertz CT molecular complexity index is 748. The Labute approximate surface area is 128 Å². The number of anilines is 2. The predicted octanol–water partition coefficient (Wildman–Crippen LogP) is 2.87. The second-order valence-electron chi connectivity index (χ2n) is 4.45. The minimum absolute atomic E-state index is 0.189. The first-order chi connectivity index (χ1) is 9.89. The summed E-state index contributed by atoms with van der Waals surface area (Å²) in [6, 6.07) is 11.5. The summed E-state index contributed by atoms with van der Waals surface area (Å²) in [6.07, 6.45) is 0. The van der Waals surface area contributed by atoms with Gasteiger partial charge in [-0.2, -0.15) is 0 Å². The van der Waals surface area contributed by atoms with Crippen molar-refractivity contribution in [2.75, 3.05) is 17.6 Å². The first-order valence-electron chi connectivity index (χ1n) is 6.08. The molecule has 0 aliphatic heterocycles. The van der Waals surface area contributed by atoms with Crippen molar-refractivity contribution in [3.05, 3.63) is 53.1 Å². The fraction of sp³-hybridized carbons (Fsp3) is 0.143. The number of ether oxygens (including phenoxy) is 1. The molecule has 0 fully saturated rings. The molecule has 3 N–H and O–H groups in total. The highest BCUT2D eigenvalue weighted by Gasteiger charge is 2.14. The molecule has 0 aliphatic carbocycles. The van der Waals surface area contributed by atoms with Crippen LogP contribution in [0.15, 0.2) is 42.5 Å². The van der Waals surface area contributed by atoms with E-state index in [0.29, 0.717) is 22.0 Å². The van der Waals surface area contributed by atoms with Gasteiger partial charge in [-0.1, -0.05) is 23.7 Å². The lowest BCUT2D eigenvalue weighted by atomic mass is 10.2. The number of halogens is 1. The van der Waals surface area contributed by atoms with Crippen LogP contribution in [0, 0.1) is 0 Å². The Balaban J connectivity index is 2.21. The van der Waals surface area contributed by atoms with Crippen LogP contribution < -0.4 is 15.2 Å². The lowest BCUT2D eigenvalue weighted by Gasteiger charge is -2.11. The summed E-state index contributed by atoms with van der Waals surface area (Å²) in [6.45, 7) is 0. The summed E-state index contributed by atoms with van der Waals surface area (Å²) >= 11 is 5.98. The first-order valence-corrected chi connectivity index (χ1v) is 8.11. The van der Waals surface area contributed by atoms with Crippen LogP contribution in [0.3, 0.4) is 0 Å². The third-order valence-corrected chi connectivity index (χ3v) is 4.32. The Morgan fingerprint density at radius 1 is 1.24 bits per heavy atom. The van der Waals surface area contributed by atoms with Crippen LogP contribution in [-0.4, -0.2) is 15.5 Å². The van der Waals surface area contributed by atoms with E-state index in [0.717, 1.165) is 0 Å². The summed E-state index contributed by atoms with van der Waals surface area (Å²) in [4.78, 5) is 0. The Kier molecular flexibility index (Phi) is 4.59. The molecule has 0 radical (unpaired) electrons. The number of benzene rings is 2. The van der Waals surface area contributed by atoms with Crippen molar-refractivity contribution in [2.45, 2.75) is 5.75 Å². The molecule has 5 nitrogen and oxygen atoms in total. The zero-order valence-corrected chi connectivity index (χ0v) is 12.9. The zero-order chi connectivity index (χ0) is 15.5. The summed E-state index contributed by atoms with van der Waals surface area (Å²) in [7, 11) is -2.10. The molecule has 7 heteroatoms. The van der Waals surface area contributed by atoms with E-state index in [4.69, 9.17) is 22.1 Å². The normalized spacial score (nSPS) is 11.1. The van der Waals surface area contributed by atoms with Crippen molar-refractivity contribution in [2.24, 2.45) is 0 Å². The lowest BCUT2D eigenvalue weighted by Crippen LogP contribution is -2.15. The van der Waals surface area contributed by atoms with Gasteiger partial charge in [0, 0.05) is 11.8 Å². The minimum Gasteiger partial charge on any atom is -0.497 e. The molecule has 0 amide bonds. The molecule has 0 aliphatic rings. The third kappa shape index (κ3) is 4.27. The predicted molar refractivity (Wildman–Crippen MR) is 85.1 cm³/mol. The van der Waals surface area contributed by atoms with E-state index in [1.807, 2.05) is 0 Å². The average molecular weight is 327 g/mol. The van der Waals surface area contributed by atoms with E-state index in [-0.39, 0.29) is 11.4 Å². The van der Waals surface area contributed by atoms with E-state index in [1.165, 1.54) is 13.2 Å². The van der Waals surface area contributed by atoms with Gasteiger partial charge in [-0.05, 0) is 29.8 Å². The van der Waals surface area contributed by atoms with Crippen LogP contribution in [0.25, 0.3) is 0 Å². The van der Waals surface area contributed by atoms with Gasteiger partial charge in [0.05, 0.1) is 23.6 Å². The van der Waals surface area contributed by atoms with Gasteiger partial charge < -0.3 is 10.5 Å². The van der Waals surface area contributed by atoms with Gasteiger partial charge in [-0.25, -0.2) is 8.42 Å². The van der Waals surface area contributed by atoms with Crippen molar-refractivity contribution in [1.29, 1.82) is 0 Å². The molecule has 21 heavy (non-hydrogen) atoms. The molecule has 0 atom stereocenters. The smallest absolute Gasteiger partial charge is 0.236 e. The summed E-state index contributed by atoms with van der Waals surface area (Å²) in [5, 5.41) is 0.298. The number of nitrogen functional groups attached to an aromatic ring is 1. The van der Waals surface area contributed by atoms with E-state index in [2.05, 4.69) is 4.72 Å². The molecule has 0 heterocycles. The maximum absolute atomic E-state index is 12.2. The Morgan fingerprint density at radius 2 is 2.00 bits per heavy atom. The molecule has 2 rings (SSSR count). The van der Waals surface area contributed by atoms with Crippen molar-refractivity contribution >= 4 is 33.0 Å². The Hall–Kier alpha value is -1.92. The fourth-order valence-corrected chi connectivity index (χ4v) is 3.23. The van der Waals surface area contributed by atoms with Gasteiger partial charge >= 0.3 is 0 Å². The van der Waals surface area contributed by atoms with E-state index < -0.39 is 10.0 Å². The molecule has 0 saturated heterocycles. The van der Waals surface area contributed by atoms with Crippen molar-refractivity contribution in [3.8, 4) is 5.75 Å². The number of nitrogens with two attached hydrogens (primary N) is 1. The molecule has 0 aromatic heterocycles. The molecular weight excluding hydrogens is 312 g/mol. The monoisotopic (exact) mass is 326 g/mol. The number of hydrogen-bond acceptors (Lipinski definition) is 4. The highest BCUT2D eigenvalue weighted by molar-refractivity contribution is 7.91. The van der Waals surface area contributed by atoms with E-state index >= 15 is 0 Å². The van der Waals surface area contributed by atoms with Crippen LogP contribution in [-0.2, 0) is 15.8 Å². The van der Waals surface area contributed by atoms with E-state index in [1.54, 1.807) is 36.4 Å². The van der Waals surface area contributed by atoms with Gasteiger partial charge in [-0.15, -0.1) is 0 Å². The second-order valence-corrected chi connectivity index (χ2v) is 6.58. The van der Waals surface area contributed by atoms with Crippen LogP contribution in [0.5, 0.6) is 5.75 Å². The zero-order valence-electron chi connectivity index (χ0n) is 11.3. The molecule has 2 aromatic rings. The van der Waals surface area contributed by atoms with Crippen LogP contribution in [0.4, 0.5) is 11.4 Å². The van der Waals surface area contributed by atoms with Crippen LogP contribution in [0.1, 0.15) is 5.56 Å². The number of rotatable bonds is 5. The van der Waals surface area contributed by atoms with Gasteiger partial charge in [0.1, 0.15) is 5.75 Å². The van der Waals surface area contributed by atoms with Gasteiger partial charge in [0.15, 0.2) is 0 Å². The largest absolute Gasteiger partial charge is 0.497 e. The summed E-state index contributed by atoms with van der Waals surface area (Å²) in [5.41, 5.74) is 7.03. The van der Waals surface area contributed by atoms with Crippen molar-refractivity contribution < 1.29 is 13.2 Å². The molecule has 0 spiro atoms. The maximum atomic E-state index is 12.2. The molecule has 0 unspecified atom stereocenters. The number of nitrogens with one attached hydrogen (secondary N) is 1. The number of methoxy groups -OCH3 is 1. The molecule has 112 valence electrons. The first kappa shape index (κ1) is 15.5.